The Hall–Kier alpha value is -1.13. The van der Waals surface area contributed by atoms with Crippen molar-refractivity contribution in [2.24, 2.45) is 0 Å². The molecule has 1 aromatic carbocycles. The van der Waals surface area contributed by atoms with E-state index in [1.54, 1.807) is 6.07 Å². The molecule has 1 aromatic rings. The first-order chi connectivity index (χ1) is 9.41. The summed E-state index contributed by atoms with van der Waals surface area (Å²) in [5, 5.41) is 13.8. The van der Waals surface area contributed by atoms with Crippen LogP contribution in [0.4, 0.5) is 10.1 Å². The molecule has 2 rings (SSSR count). The molecule has 1 aliphatic carbocycles. The molecule has 0 amide bonds. The van der Waals surface area contributed by atoms with Crippen molar-refractivity contribution in [1.82, 2.24) is 5.32 Å². The first-order valence-electron chi connectivity index (χ1n) is 7.34. The molecule has 2 N–H and O–H groups in total. The number of halogens is 1. The molecule has 1 aliphatic rings. The van der Waals surface area contributed by atoms with Gasteiger partial charge in [-0.2, -0.15) is 0 Å². The summed E-state index contributed by atoms with van der Waals surface area (Å²) in [6, 6.07) is 4.95. The number of benzene rings is 1. The molecule has 3 nitrogen and oxygen atoms in total. The predicted molar refractivity (Wildman–Crippen MR) is 80.6 cm³/mol. The van der Waals surface area contributed by atoms with E-state index in [9.17, 15) is 9.50 Å². The standard InChI is InChI=1S/C16H25FN2O/c1-12(18-11-16(20)8-4-5-9-16)14-7-6-13(17)10-15(14)19(2)3/h6-7,10,12,18,20H,4-5,8-9,11H2,1-3H3. The molecule has 112 valence electrons. The Labute approximate surface area is 120 Å². The minimum absolute atomic E-state index is 0.0811. The van der Waals surface area contributed by atoms with E-state index in [0.717, 1.165) is 36.9 Å². The van der Waals surface area contributed by atoms with Gasteiger partial charge < -0.3 is 15.3 Å². The van der Waals surface area contributed by atoms with E-state index in [1.165, 1.54) is 6.07 Å². The van der Waals surface area contributed by atoms with E-state index in [-0.39, 0.29) is 11.9 Å². The van der Waals surface area contributed by atoms with Crippen molar-refractivity contribution in [3.05, 3.63) is 29.6 Å². The van der Waals surface area contributed by atoms with Crippen LogP contribution in [0.25, 0.3) is 0 Å². The Morgan fingerprint density at radius 2 is 2.00 bits per heavy atom. The van der Waals surface area contributed by atoms with Gasteiger partial charge in [0.25, 0.3) is 0 Å². The predicted octanol–water partition coefficient (Wildman–Crippen LogP) is 2.85. The molecule has 0 aliphatic heterocycles. The van der Waals surface area contributed by atoms with Crippen LogP contribution in [0.5, 0.6) is 0 Å². The van der Waals surface area contributed by atoms with Gasteiger partial charge in [-0.15, -0.1) is 0 Å². The van der Waals surface area contributed by atoms with Gasteiger partial charge >= 0.3 is 0 Å². The number of anilines is 1. The van der Waals surface area contributed by atoms with E-state index in [4.69, 9.17) is 0 Å². The fraction of sp³-hybridized carbons (Fsp3) is 0.625. The Bertz CT molecular complexity index is 456. The molecule has 0 bridgehead atoms. The summed E-state index contributed by atoms with van der Waals surface area (Å²) in [7, 11) is 3.82. The molecule has 1 atom stereocenters. The molecule has 1 saturated carbocycles. The largest absolute Gasteiger partial charge is 0.389 e. The van der Waals surface area contributed by atoms with Crippen LogP contribution in [-0.2, 0) is 0 Å². The van der Waals surface area contributed by atoms with E-state index in [0.29, 0.717) is 6.54 Å². The summed E-state index contributed by atoms with van der Waals surface area (Å²) < 4.78 is 13.4. The van der Waals surface area contributed by atoms with Crippen LogP contribution >= 0.6 is 0 Å². The number of aliphatic hydroxyl groups is 1. The quantitative estimate of drug-likeness (QED) is 0.870. The van der Waals surface area contributed by atoms with Crippen LogP contribution in [0, 0.1) is 5.82 Å². The van der Waals surface area contributed by atoms with Crippen molar-refractivity contribution >= 4 is 5.69 Å². The van der Waals surface area contributed by atoms with Crippen molar-refractivity contribution in [2.45, 2.75) is 44.2 Å². The third kappa shape index (κ3) is 3.49. The van der Waals surface area contributed by atoms with Crippen LogP contribution in [-0.4, -0.2) is 31.3 Å². The van der Waals surface area contributed by atoms with E-state index in [1.807, 2.05) is 25.1 Å². The van der Waals surface area contributed by atoms with Gasteiger partial charge in [-0.05, 0) is 37.5 Å². The number of nitrogens with zero attached hydrogens (tertiary/aromatic N) is 1. The third-order valence-electron chi connectivity index (χ3n) is 4.21. The minimum Gasteiger partial charge on any atom is -0.389 e. The second-order valence-corrected chi connectivity index (χ2v) is 6.13. The molecule has 1 unspecified atom stereocenters. The Morgan fingerprint density at radius 1 is 1.35 bits per heavy atom. The SMILES string of the molecule is CC(NCC1(O)CCCC1)c1ccc(F)cc1N(C)C. The number of hydrogen-bond acceptors (Lipinski definition) is 3. The van der Waals surface area contributed by atoms with Crippen LogP contribution in [0.3, 0.4) is 0 Å². The van der Waals surface area contributed by atoms with Crippen LogP contribution in [0.1, 0.15) is 44.2 Å². The zero-order valence-corrected chi connectivity index (χ0v) is 12.6. The number of nitrogens with one attached hydrogen (secondary N) is 1. The highest BCUT2D eigenvalue weighted by Crippen LogP contribution is 2.30. The van der Waals surface area contributed by atoms with Gasteiger partial charge in [0.2, 0.25) is 0 Å². The molecule has 1 fully saturated rings. The van der Waals surface area contributed by atoms with Crippen LogP contribution in [0.2, 0.25) is 0 Å². The molecule has 0 radical (unpaired) electrons. The summed E-state index contributed by atoms with van der Waals surface area (Å²) in [5.41, 5.74) is 1.37. The van der Waals surface area contributed by atoms with Gasteiger partial charge in [-0.3, -0.25) is 0 Å². The molecule has 0 heterocycles. The average Bonchev–Trinajstić information content (AvgIpc) is 2.83. The molecule has 4 heteroatoms. The van der Waals surface area contributed by atoms with Gasteiger partial charge in [0, 0.05) is 32.4 Å². The summed E-state index contributed by atoms with van der Waals surface area (Å²) in [5.74, 6) is -0.223. The zero-order valence-electron chi connectivity index (χ0n) is 12.6. The highest BCUT2D eigenvalue weighted by atomic mass is 19.1. The summed E-state index contributed by atoms with van der Waals surface area (Å²) in [6.45, 7) is 2.65. The minimum atomic E-state index is -0.563. The lowest BCUT2D eigenvalue weighted by molar-refractivity contribution is 0.0453. The van der Waals surface area contributed by atoms with Crippen LogP contribution in [0.15, 0.2) is 18.2 Å². The average molecular weight is 280 g/mol. The van der Waals surface area contributed by atoms with Crippen molar-refractivity contribution in [3.8, 4) is 0 Å². The van der Waals surface area contributed by atoms with Crippen molar-refractivity contribution in [2.75, 3.05) is 25.5 Å². The lowest BCUT2D eigenvalue weighted by Gasteiger charge is -2.27. The van der Waals surface area contributed by atoms with Crippen molar-refractivity contribution < 1.29 is 9.50 Å². The van der Waals surface area contributed by atoms with Gasteiger partial charge in [-0.1, -0.05) is 18.9 Å². The fourth-order valence-corrected chi connectivity index (χ4v) is 2.93. The Morgan fingerprint density at radius 3 is 2.60 bits per heavy atom. The summed E-state index contributed by atoms with van der Waals surface area (Å²) >= 11 is 0. The Balaban J connectivity index is 2.07. The van der Waals surface area contributed by atoms with E-state index < -0.39 is 5.60 Å². The third-order valence-corrected chi connectivity index (χ3v) is 4.21. The van der Waals surface area contributed by atoms with E-state index >= 15 is 0 Å². The highest BCUT2D eigenvalue weighted by molar-refractivity contribution is 5.54. The molecule has 0 aromatic heterocycles. The van der Waals surface area contributed by atoms with Gasteiger partial charge in [0.15, 0.2) is 0 Å². The molecular weight excluding hydrogens is 255 g/mol. The Kier molecular flexibility index (Phi) is 4.66. The molecule has 0 spiro atoms. The maximum atomic E-state index is 13.4. The first-order valence-corrected chi connectivity index (χ1v) is 7.34. The summed E-state index contributed by atoms with van der Waals surface area (Å²) in [4.78, 5) is 1.92. The topological polar surface area (TPSA) is 35.5 Å². The maximum Gasteiger partial charge on any atom is 0.125 e. The number of hydrogen-bond donors (Lipinski definition) is 2. The monoisotopic (exact) mass is 280 g/mol. The highest BCUT2D eigenvalue weighted by Gasteiger charge is 2.31. The molecule has 0 saturated heterocycles. The first kappa shape index (κ1) is 15.3. The molecular formula is C16H25FN2O. The normalized spacial score (nSPS) is 19.1. The van der Waals surface area contributed by atoms with Crippen molar-refractivity contribution in [1.29, 1.82) is 0 Å². The second-order valence-electron chi connectivity index (χ2n) is 6.13. The fourth-order valence-electron chi connectivity index (χ4n) is 2.93. The molecule has 20 heavy (non-hydrogen) atoms. The van der Waals surface area contributed by atoms with Crippen molar-refractivity contribution in [3.63, 3.8) is 0 Å². The summed E-state index contributed by atoms with van der Waals surface area (Å²) in [6.07, 6.45) is 3.95. The van der Waals surface area contributed by atoms with Gasteiger partial charge in [-0.25, -0.2) is 4.39 Å². The lowest BCUT2D eigenvalue weighted by atomic mass is 10.0. The van der Waals surface area contributed by atoms with Gasteiger partial charge in [0.1, 0.15) is 5.82 Å². The zero-order chi connectivity index (χ0) is 14.8. The van der Waals surface area contributed by atoms with Crippen LogP contribution < -0.4 is 10.2 Å². The smallest absolute Gasteiger partial charge is 0.125 e. The van der Waals surface area contributed by atoms with E-state index in [2.05, 4.69) is 12.2 Å². The maximum absolute atomic E-state index is 13.4. The second kappa shape index (κ2) is 6.10. The lowest BCUT2D eigenvalue weighted by Crippen LogP contribution is -2.39. The number of rotatable bonds is 5. The van der Waals surface area contributed by atoms with Gasteiger partial charge in [0.05, 0.1) is 5.60 Å².